The van der Waals surface area contributed by atoms with Gasteiger partial charge >= 0.3 is 6.09 Å². The van der Waals surface area contributed by atoms with Gasteiger partial charge in [-0.25, -0.2) is 4.79 Å². The van der Waals surface area contributed by atoms with Gasteiger partial charge in [0.05, 0.1) is 12.2 Å². The highest BCUT2D eigenvalue weighted by Crippen LogP contribution is 2.22. The van der Waals surface area contributed by atoms with Crippen molar-refractivity contribution in [1.29, 1.82) is 0 Å². The molecule has 1 aliphatic heterocycles. The van der Waals surface area contributed by atoms with Crippen molar-refractivity contribution in [3.8, 4) is 0 Å². The van der Waals surface area contributed by atoms with Gasteiger partial charge in [0.2, 0.25) is 0 Å². The Bertz CT molecular complexity index is 387. The Balaban J connectivity index is 1.85. The minimum absolute atomic E-state index is 0.215. The first-order chi connectivity index (χ1) is 8.46. The molecule has 18 heavy (non-hydrogen) atoms. The Kier molecular flexibility index (Phi) is 3.59. The lowest BCUT2D eigenvalue weighted by Gasteiger charge is -2.33. The number of aromatic nitrogens is 2. The summed E-state index contributed by atoms with van der Waals surface area (Å²) in [5.41, 5.74) is -0.426. The second-order valence-electron chi connectivity index (χ2n) is 5.62. The van der Waals surface area contributed by atoms with Crippen LogP contribution in [0.5, 0.6) is 0 Å². The molecular weight excluding hydrogens is 230 g/mol. The van der Waals surface area contributed by atoms with Crippen LogP contribution in [0.1, 0.15) is 39.7 Å². The van der Waals surface area contributed by atoms with Crippen LogP contribution in [0.4, 0.5) is 4.79 Å². The molecule has 1 aromatic heterocycles. The van der Waals surface area contributed by atoms with Gasteiger partial charge < -0.3 is 9.64 Å². The molecule has 0 unspecified atom stereocenters. The van der Waals surface area contributed by atoms with Crippen molar-refractivity contribution in [1.82, 2.24) is 14.7 Å². The van der Waals surface area contributed by atoms with Gasteiger partial charge in [-0.15, -0.1) is 0 Å². The molecule has 5 heteroatoms. The highest BCUT2D eigenvalue weighted by atomic mass is 16.6. The van der Waals surface area contributed by atoms with E-state index >= 15 is 0 Å². The molecule has 2 rings (SSSR count). The third-order valence-electron chi connectivity index (χ3n) is 2.96. The number of rotatable bonds is 1. The Morgan fingerprint density at radius 3 is 2.56 bits per heavy atom. The molecule has 0 spiro atoms. The van der Waals surface area contributed by atoms with Crippen molar-refractivity contribution < 1.29 is 9.53 Å². The van der Waals surface area contributed by atoms with Crippen LogP contribution in [0, 0.1) is 6.07 Å². The topological polar surface area (TPSA) is 47.4 Å². The summed E-state index contributed by atoms with van der Waals surface area (Å²) < 4.78 is 7.28. The van der Waals surface area contributed by atoms with Gasteiger partial charge in [0.25, 0.3) is 0 Å². The standard InChI is InChI=1S/C13H20N3O2/c1-13(2,3)18-12(17)15-9-5-11(6-10-15)16-8-4-7-14-16/h7-8,11H,5-6,9-10H2,1-3H3. The van der Waals surface area contributed by atoms with Crippen molar-refractivity contribution >= 4 is 6.09 Å². The fourth-order valence-corrected chi connectivity index (χ4v) is 2.08. The second-order valence-corrected chi connectivity index (χ2v) is 5.62. The fourth-order valence-electron chi connectivity index (χ4n) is 2.08. The molecule has 0 saturated carbocycles. The third-order valence-corrected chi connectivity index (χ3v) is 2.96. The Morgan fingerprint density at radius 2 is 2.06 bits per heavy atom. The monoisotopic (exact) mass is 250 g/mol. The summed E-state index contributed by atoms with van der Waals surface area (Å²) in [6.45, 7) is 7.10. The van der Waals surface area contributed by atoms with E-state index in [2.05, 4.69) is 11.2 Å². The van der Waals surface area contributed by atoms with Crippen LogP contribution < -0.4 is 0 Å². The maximum Gasteiger partial charge on any atom is 0.410 e. The van der Waals surface area contributed by atoms with Gasteiger partial charge in [-0.2, -0.15) is 5.10 Å². The molecule has 0 aromatic carbocycles. The van der Waals surface area contributed by atoms with E-state index in [9.17, 15) is 4.79 Å². The van der Waals surface area contributed by atoms with Crippen molar-refractivity contribution in [2.24, 2.45) is 0 Å². The van der Waals surface area contributed by atoms with E-state index in [0.29, 0.717) is 6.04 Å². The summed E-state index contributed by atoms with van der Waals surface area (Å²) in [4.78, 5) is 13.7. The molecule has 99 valence electrons. The van der Waals surface area contributed by atoms with E-state index in [0.717, 1.165) is 25.9 Å². The van der Waals surface area contributed by atoms with Gasteiger partial charge in [0.1, 0.15) is 5.60 Å². The lowest BCUT2D eigenvalue weighted by Crippen LogP contribution is -2.42. The quantitative estimate of drug-likeness (QED) is 0.768. The molecule has 1 fully saturated rings. The molecule has 5 nitrogen and oxygen atoms in total. The number of amides is 1. The third kappa shape index (κ3) is 3.24. The van der Waals surface area contributed by atoms with E-state index in [1.54, 1.807) is 11.1 Å². The number of hydrogen-bond acceptors (Lipinski definition) is 3. The van der Waals surface area contributed by atoms with Crippen LogP contribution in [-0.4, -0.2) is 39.5 Å². The average Bonchev–Trinajstić information content (AvgIpc) is 2.80. The SMILES string of the molecule is CC(C)(C)OC(=O)N1CCC(n2c[c]cn2)CC1. The van der Waals surface area contributed by atoms with Gasteiger partial charge in [0, 0.05) is 25.4 Å². The minimum atomic E-state index is -0.426. The van der Waals surface area contributed by atoms with Crippen LogP contribution in [0.3, 0.4) is 0 Å². The molecule has 2 heterocycles. The largest absolute Gasteiger partial charge is 0.444 e. The van der Waals surface area contributed by atoms with Crippen LogP contribution in [0.15, 0.2) is 12.4 Å². The first kappa shape index (κ1) is 12.9. The molecule has 0 bridgehead atoms. The predicted octanol–water partition coefficient (Wildman–Crippen LogP) is 2.26. The maximum absolute atomic E-state index is 11.9. The Hall–Kier alpha value is -1.52. The molecule has 0 atom stereocenters. The zero-order chi connectivity index (χ0) is 13.2. The van der Waals surface area contributed by atoms with Gasteiger partial charge in [-0.1, -0.05) is 0 Å². The van der Waals surface area contributed by atoms with Crippen molar-refractivity contribution in [3.63, 3.8) is 0 Å². The number of carbonyl (C=O) groups excluding carboxylic acids is 1. The molecule has 1 aromatic rings. The molecular formula is C13H20N3O2. The Morgan fingerprint density at radius 1 is 1.39 bits per heavy atom. The average molecular weight is 250 g/mol. The summed E-state index contributed by atoms with van der Waals surface area (Å²) in [6.07, 6.45) is 5.13. The lowest BCUT2D eigenvalue weighted by atomic mass is 10.1. The summed E-state index contributed by atoms with van der Waals surface area (Å²) in [5.74, 6) is 0. The smallest absolute Gasteiger partial charge is 0.410 e. The Labute approximate surface area is 108 Å². The zero-order valence-electron chi connectivity index (χ0n) is 11.2. The molecule has 0 aliphatic carbocycles. The van der Waals surface area contributed by atoms with Crippen LogP contribution in [-0.2, 0) is 4.74 Å². The first-order valence-corrected chi connectivity index (χ1v) is 6.34. The van der Waals surface area contributed by atoms with Gasteiger partial charge in [0.15, 0.2) is 0 Å². The summed E-state index contributed by atoms with van der Waals surface area (Å²) in [5, 5.41) is 4.20. The predicted molar refractivity (Wildman–Crippen MR) is 67.1 cm³/mol. The number of piperidine rings is 1. The van der Waals surface area contributed by atoms with E-state index in [1.165, 1.54) is 0 Å². The summed E-state index contributed by atoms with van der Waals surface area (Å²) >= 11 is 0. The van der Waals surface area contributed by atoms with Crippen LogP contribution in [0.2, 0.25) is 0 Å². The maximum atomic E-state index is 11.9. The number of ether oxygens (including phenoxy) is 1. The van der Waals surface area contributed by atoms with Crippen molar-refractivity contribution in [2.75, 3.05) is 13.1 Å². The normalized spacial score (nSPS) is 17.8. The number of likely N-dealkylation sites (tertiary alicyclic amines) is 1. The number of hydrogen-bond donors (Lipinski definition) is 0. The fraction of sp³-hybridized carbons (Fsp3) is 0.692. The van der Waals surface area contributed by atoms with Gasteiger partial charge in [-0.05, 0) is 33.6 Å². The van der Waals surface area contributed by atoms with E-state index < -0.39 is 5.60 Å². The van der Waals surface area contributed by atoms with Crippen LogP contribution in [0.25, 0.3) is 0 Å². The van der Waals surface area contributed by atoms with Crippen molar-refractivity contribution in [2.45, 2.75) is 45.3 Å². The highest BCUT2D eigenvalue weighted by molar-refractivity contribution is 5.68. The number of carbonyl (C=O) groups is 1. The lowest BCUT2D eigenvalue weighted by molar-refractivity contribution is 0.0185. The second kappa shape index (κ2) is 5.00. The highest BCUT2D eigenvalue weighted by Gasteiger charge is 2.27. The molecule has 0 N–H and O–H groups in total. The number of nitrogens with zero attached hydrogens (tertiary/aromatic N) is 3. The van der Waals surface area contributed by atoms with Crippen molar-refractivity contribution in [3.05, 3.63) is 18.5 Å². The van der Waals surface area contributed by atoms with Crippen LogP contribution >= 0.6 is 0 Å². The van der Waals surface area contributed by atoms with Gasteiger partial charge in [-0.3, -0.25) is 4.68 Å². The minimum Gasteiger partial charge on any atom is -0.444 e. The molecule has 1 saturated heterocycles. The molecule has 1 amide bonds. The summed E-state index contributed by atoms with van der Waals surface area (Å²) in [7, 11) is 0. The zero-order valence-corrected chi connectivity index (χ0v) is 11.2. The van der Waals surface area contributed by atoms with E-state index in [4.69, 9.17) is 4.74 Å². The van der Waals surface area contributed by atoms with E-state index in [1.807, 2.05) is 31.6 Å². The molecule has 1 aliphatic rings. The summed E-state index contributed by atoms with van der Waals surface area (Å²) in [6, 6.07) is 3.31. The first-order valence-electron chi connectivity index (χ1n) is 6.34. The van der Waals surface area contributed by atoms with E-state index in [-0.39, 0.29) is 6.09 Å². The molecule has 1 radical (unpaired) electrons.